The monoisotopic (exact) mass is 308 g/mol. The molecule has 6 heteroatoms. The molecule has 1 N–H and O–H groups in total. The van der Waals surface area contributed by atoms with Crippen molar-refractivity contribution in [1.29, 1.82) is 0 Å². The van der Waals surface area contributed by atoms with Crippen molar-refractivity contribution in [1.82, 2.24) is 10.3 Å². The molecule has 0 unspecified atom stereocenters. The molecule has 112 valence electrons. The molecule has 0 aromatic carbocycles. The van der Waals surface area contributed by atoms with Crippen LogP contribution < -0.4 is 5.32 Å². The molecule has 0 atom stereocenters. The smallest absolute Gasteiger partial charge is 0.343 e. The van der Waals surface area contributed by atoms with Gasteiger partial charge < -0.3 is 10.1 Å². The number of carbonyl (C=O) groups excluding carboxylic acids is 2. The van der Waals surface area contributed by atoms with Crippen LogP contribution in [0.5, 0.6) is 0 Å². The van der Waals surface area contributed by atoms with E-state index in [1.807, 2.05) is 0 Å². The molecule has 0 radical (unpaired) electrons. The molecule has 1 saturated carbocycles. The quantitative estimate of drug-likeness (QED) is 0.218. The minimum Gasteiger partial charge on any atom is -0.462 e. The Kier molecular flexibility index (Phi) is 5.33. The topological polar surface area (TPSA) is 68.3 Å². The molecule has 0 bridgehead atoms. The largest absolute Gasteiger partial charge is 0.462 e. The van der Waals surface area contributed by atoms with E-state index in [-0.39, 0.29) is 22.9 Å². The fraction of sp³-hybridized carbons (Fsp3) is 0.400. The molecular formula is C15H17ClN2O3. The summed E-state index contributed by atoms with van der Waals surface area (Å²) in [6.07, 6.45) is 6.15. The highest BCUT2D eigenvalue weighted by molar-refractivity contribution is 6.35. The molecule has 1 aromatic rings. The lowest BCUT2D eigenvalue weighted by Gasteiger charge is -2.25. The average molecular weight is 309 g/mol. The highest BCUT2D eigenvalue weighted by atomic mass is 35.5. The van der Waals surface area contributed by atoms with Crippen LogP contribution in [-0.4, -0.2) is 29.4 Å². The molecule has 0 spiro atoms. The van der Waals surface area contributed by atoms with Crippen LogP contribution in [0.25, 0.3) is 0 Å². The molecular weight excluding hydrogens is 292 g/mol. The lowest BCUT2D eigenvalue weighted by molar-refractivity contribution is -0.138. The van der Waals surface area contributed by atoms with Crippen LogP contribution in [0, 0.1) is 0 Å². The third kappa shape index (κ3) is 3.82. The summed E-state index contributed by atoms with van der Waals surface area (Å²) in [4.78, 5) is 28.3. The zero-order chi connectivity index (χ0) is 15.2. The normalized spacial score (nSPS) is 15.2. The lowest BCUT2D eigenvalue weighted by Crippen LogP contribution is -2.32. The minimum absolute atomic E-state index is 0.0568. The molecule has 5 nitrogen and oxygen atoms in total. The number of esters is 1. The number of nitrogens with zero attached hydrogens (tertiary/aromatic N) is 1. The van der Waals surface area contributed by atoms with Crippen LogP contribution in [0.2, 0.25) is 5.15 Å². The first-order chi connectivity index (χ1) is 10.1. The Morgan fingerprint density at radius 1 is 1.52 bits per heavy atom. The second-order valence-electron chi connectivity index (χ2n) is 4.74. The Morgan fingerprint density at radius 3 is 2.86 bits per heavy atom. The third-order valence-corrected chi connectivity index (χ3v) is 3.61. The molecule has 1 heterocycles. The molecule has 1 aliphatic carbocycles. The van der Waals surface area contributed by atoms with E-state index in [9.17, 15) is 9.59 Å². The number of halogens is 1. The highest BCUT2D eigenvalue weighted by Crippen LogP contribution is 2.20. The second kappa shape index (κ2) is 7.22. The van der Waals surface area contributed by atoms with Crippen molar-refractivity contribution in [3.63, 3.8) is 0 Å². The maximum Gasteiger partial charge on any atom is 0.343 e. The number of ketones is 1. The van der Waals surface area contributed by atoms with Crippen molar-refractivity contribution in [2.24, 2.45) is 0 Å². The number of carbonyl (C=O) groups is 2. The first-order valence-electron chi connectivity index (χ1n) is 6.92. The van der Waals surface area contributed by atoms with E-state index in [4.69, 9.17) is 16.3 Å². The number of aromatic nitrogens is 1. The van der Waals surface area contributed by atoms with Gasteiger partial charge in [-0.05, 0) is 38.3 Å². The molecule has 1 fully saturated rings. The molecule has 0 amide bonds. The van der Waals surface area contributed by atoms with E-state index in [1.54, 1.807) is 13.0 Å². The fourth-order valence-electron chi connectivity index (χ4n) is 1.90. The number of pyridine rings is 1. The van der Waals surface area contributed by atoms with Crippen molar-refractivity contribution in [2.75, 3.05) is 6.61 Å². The summed E-state index contributed by atoms with van der Waals surface area (Å²) < 4.78 is 4.94. The van der Waals surface area contributed by atoms with E-state index in [0.29, 0.717) is 6.04 Å². The van der Waals surface area contributed by atoms with E-state index in [0.717, 1.165) is 19.3 Å². The Balaban J connectivity index is 2.23. The molecule has 1 aliphatic rings. The van der Waals surface area contributed by atoms with Gasteiger partial charge in [0, 0.05) is 18.4 Å². The maximum absolute atomic E-state index is 12.5. The summed E-state index contributed by atoms with van der Waals surface area (Å²) in [7, 11) is 0. The molecule has 0 aliphatic heterocycles. The minimum atomic E-state index is -0.658. The van der Waals surface area contributed by atoms with E-state index in [2.05, 4.69) is 10.3 Å². The second-order valence-corrected chi connectivity index (χ2v) is 5.10. The number of hydrogen-bond acceptors (Lipinski definition) is 5. The molecule has 1 aromatic heterocycles. The number of rotatable bonds is 6. The zero-order valence-corrected chi connectivity index (χ0v) is 12.5. The van der Waals surface area contributed by atoms with Gasteiger partial charge in [-0.15, -0.1) is 0 Å². The number of hydrogen-bond donors (Lipinski definition) is 1. The van der Waals surface area contributed by atoms with E-state index >= 15 is 0 Å². The molecule has 0 saturated heterocycles. The summed E-state index contributed by atoms with van der Waals surface area (Å²) in [6, 6.07) is 3.45. The predicted octanol–water partition coefficient (Wildman–Crippen LogP) is 2.51. The first kappa shape index (κ1) is 15.5. The van der Waals surface area contributed by atoms with Gasteiger partial charge in [0.15, 0.2) is 0 Å². The van der Waals surface area contributed by atoms with Gasteiger partial charge in [0.2, 0.25) is 5.78 Å². The maximum atomic E-state index is 12.5. The Hall–Kier alpha value is -1.88. The van der Waals surface area contributed by atoms with Crippen LogP contribution in [0.1, 0.15) is 36.5 Å². The summed E-state index contributed by atoms with van der Waals surface area (Å²) in [5.41, 5.74) is 0.132. The van der Waals surface area contributed by atoms with Crippen molar-refractivity contribution in [3.05, 3.63) is 40.8 Å². The standard InChI is InChI=1S/C15H17ClN2O3/c1-2-21-15(20)12(9-18-10-5-3-6-10)13(19)11-7-4-8-17-14(11)16/h4,7-10,18H,2-3,5-6H2,1H3/b12-9+. The third-order valence-electron chi connectivity index (χ3n) is 3.31. The zero-order valence-electron chi connectivity index (χ0n) is 11.8. The van der Waals surface area contributed by atoms with E-state index < -0.39 is 11.8 Å². The predicted molar refractivity (Wildman–Crippen MR) is 79.1 cm³/mol. The summed E-state index contributed by atoms with van der Waals surface area (Å²) in [6.45, 7) is 1.89. The van der Waals surface area contributed by atoms with Crippen LogP contribution in [0.15, 0.2) is 30.1 Å². The van der Waals surface area contributed by atoms with Gasteiger partial charge in [-0.25, -0.2) is 9.78 Å². The summed E-state index contributed by atoms with van der Waals surface area (Å²) in [5, 5.41) is 3.15. The fourth-order valence-corrected chi connectivity index (χ4v) is 2.11. The highest BCUT2D eigenvalue weighted by Gasteiger charge is 2.24. The average Bonchev–Trinajstić information content (AvgIpc) is 2.41. The van der Waals surface area contributed by atoms with Crippen molar-refractivity contribution >= 4 is 23.4 Å². The molecule has 2 rings (SSSR count). The van der Waals surface area contributed by atoms with Gasteiger partial charge in [-0.1, -0.05) is 11.6 Å². The van der Waals surface area contributed by atoms with Crippen molar-refractivity contribution in [3.8, 4) is 0 Å². The van der Waals surface area contributed by atoms with Gasteiger partial charge in [-0.3, -0.25) is 4.79 Å². The van der Waals surface area contributed by atoms with Crippen LogP contribution >= 0.6 is 11.6 Å². The van der Waals surface area contributed by atoms with Gasteiger partial charge in [-0.2, -0.15) is 0 Å². The first-order valence-corrected chi connectivity index (χ1v) is 7.29. The van der Waals surface area contributed by atoms with Crippen molar-refractivity contribution < 1.29 is 14.3 Å². The Morgan fingerprint density at radius 2 is 2.29 bits per heavy atom. The number of Topliss-reactive ketones (excluding diaryl/α,β-unsaturated/α-hetero) is 1. The van der Waals surface area contributed by atoms with E-state index in [1.165, 1.54) is 18.5 Å². The number of nitrogens with one attached hydrogen (secondary N) is 1. The van der Waals surface area contributed by atoms with Gasteiger partial charge in [0.05, 0.1) is 12.2 Å². The Bertz CT molecular complexity index is 568. The van der Waals surface area contributed by atoms with Gasteiger partial charge in [0.1, 0.15) is 10.7 Å². The van der Waals surface area contributed by atoms with Crippen LogP contribution in [-0.2, 0) is 9.53 Å². The number of ether oxygens (including phenoxy) is 1. The lowest BCUT2D eigenvalue weighted by atomic mass is 9.93. The molecule has 21 heavy (non-hydrogen) atoms. The summed E-state index contributed by atoms with van der Waals surface area (Å²) in [5.74, 6) is -1.15. The van der Waals surface area contributed by atoms with Crippen LogP contribution in [0.3, 0.4) is 0 Å². The van der Waals surface area contributed by atoms with Crippen LogP contribution in [0.4, 0.5) is 0 Å². The SMILES string of the molecule is CCOC(=O)/C(=C/NC1CCC1)C(=O)c1cccnc1Cl. The van der Waals surface area contributed by atoms with Crippen molar-refractivity contribution in [2.45, 2.75) is 32.2 Å². The van der Waals surface area contributed by atoms with Gasteiger partial charge in [0.25, 0.3) is 0 Å². The Labute approximate surface area is 128 Å². The van der Waals surface area contributed by atoms with Gasteiger partial charge >= 0.3 is 5.97 Å². The summed E-state index contributed by atoms with van der Waals surface area (Å²) >= 11 is 5.91.